The van der Waals surface area contributed by atoms with E-state index in [0.29, 0.717) is 30.1 Å². The van der Waals surface area contributed by atoms with Gasteiger partial charge >= 0.3 is 5.97 Å². The van der Waals surface area contributed by atoms with Crippen LogP contribution in [0.25, 0.3) is 10.9 Å². The van der Waals surface area contributed by atoms with Crippen LogP contribution in [-0.4, -0.2) is 47.7 Å². The number of benzene rings is 2. The van der Waals surface area contributed by atoms with E-state index in [1.54, 1.807) is 25.4 Å². The van der Waals surface area contributed by atoms with Crippen molar-refractivity contribution in [1.29, 1.82) is 0 Å². The number of carboxylic acid groups (broad SMARTS) is 1. The molecule has 1 N–H and O–H groups in total. The number of unbranched alkanes of at least 4 members (excludes halogenated alkanes) is 1. The van der Waals surface area contributed by atoms with Gasteiger partial charge in [0.15, 0.2) is 0 Å². The Morgan fingerprint density at radius 2 is 2.00 bits per heavy atom. The molecule has 2 heterocycles. The number of methoxy groups -OCH3 is 1. The van der Waals surface area contributed by atoms with Gasteiger partial charge in [-0.25, -0.2) is 8.78 Å². The van der Waals surface area contributed by atoms with E-state index in [2.05, 4.69) is 9.88 Å². The summed E-state index contributed by atoms with van der Waals surface area (Å²) in [5, 5.41) is 10.1. The van der Waals surface area contributed by atoms with Gasteiger partial charge < -0.3 is 14.7 Å². The lowest BCUT2D eigenvalue weighted by Crippen LogP contribution is -2.41. The van der Waals surface area contributed by atoms with E-state index in [1.165, 1.54) is 6.07 Å². The number of hydrogen-bond donors (Lipinski definition) is 1. The van der Waals surface area contributed by atoms with E-state index in [4.69, 9.17) is 4.74 Å². The van der Waals surface area contributed by atoms with Gasteiger partial charge in [0.1, 0.15) is 17.7 Å². The maximum atomic E-state index is 15.5. The van der Waals surface area contributed by atoms with Crippen molar-refractivity contribution in [2.75, 3.05) is 26.7 Å². The fraction of sp³-hybridized carbons (Fsp3) is 0.484. The number of carbonyl (C=O) groups is 1. The Hall–Kier alpha value is -3.06. The number of alkyl halides is 1. The summed E-state index contributed by atoms with van der Waals surface area (Å²) < 4.78 is 34.7. The summed E-state index contributed by atoms with van der Waals surface area (Å²) in [6.45, 7) is 2.69. The third-order valence-electron chi connectivity index (χ3n) is 7.94. The van der Waals surface area contributed by atoms with E-state index in [0.717, 1.165) is 68.2 Å². The van der Waals surface area contributed by atoms with Crippen molar-refractivity contribution in [2.45, 2.75) is 57.5 Å². The van der Waals surface area contributed by atoms with Crippen LogP contribution < -0.4 is 4.74 Å². The lowest BCUT2D eigenvalue weighted by atomic mass is 9.79. The second-order valence-electron chi connectivity index (χ2n) is 10.4. The quantitative estimate of drug-likeness (QED) is 0.244. The maximum absolute atomic E-state index is 15.5. The van der Waals surface area contributed by atoms with Crippen LogP contribution in [0.4, 0.5) is 8.78 Å². The number of carboxylic acids is 1. The number of ether oxygens (including phenoxy) is 1. The van der Waals surface area contributed by atoms with Gasteiger partial charge in [0, 0.05) is 24.5 Å². The molecule has 2 aromatic carbocycles. The Morgan fingerprint density at radius 1 is 1.16 bits per heavy atom. The highest BCUT2D eigenvalue weighted by atomic mass is 19.1. The smallest absolute Gasteiger partial charge is 0.303 e. The van der Waals surface area contributed by atoms with Crippen molar-refractivity contribution in [3.05, 3.63) is 71.7 Å². The molecule has 0 amide bonds. The molecule has 38 heavy (non-hydrogen) atoms. The summed E-state index contributed by atoms with van der Waals surface area (Å²) in [7, 11) is 1.59. The van der Waals surface area contributed by atoms with Gasteiger partial charge in [-0.3, -0.25) is 9.78 Å². The summed E-state index contributed by atoms with van der Waals surface area (Å²) in [5.41, 5.74) is 2.13. The molecule has 1 fully saturated rings. The van der Waals surface area contributed by atoms with Crippen molar-refractivity contribution in [2.24, 2.45) is 11.8 Å². The minimum Gasteiger partial charge on any atom is -0.497 e. The molecule has 5 nitrogen and oxygen atoms in total. The topological polar surface area (TPSA) is 62.7 Å². The average Bonchev–Trinajstić information content (AvgIpc) is 2.93. The van der Waals surface area contributed by atoms with Gasteiger partial charge in [-0.2, -0.15) is 0 Å². The number of hydrogen-bond acceptors (Lipinski definition) is 4. The number of rotatable bonds is 13. The number of likely N-dealkylation sites (tertiary alicyclic amines) is 1. The van der Waals surface area contributed by atoms with E-state index >= 15 is 4.39 Å². The normalized spacial score (nSPS) is 18.9. The first-order chi connectivity index (χ1) is 18.4. The Morgan fingerprint density at radius 3 is 2.79 bits per heavy atom. The molecule has 0 spiro atoms. The lowest BCUT2D eigenvalue weighted by Gasteiger charge is -2.39. The molecule has 7 heteroatoms. The number of nitrogens with zero attached hydrogens (tertiary/aromatic N) is 2. The SMILES string of the molecule is COc1ccc2nccc(C(F)CC[C@@H]3CCN(CCCCc4ccccc4F)C[C@@H]3CCC(=O)O)c2c1. The zero-order chi connectivity index (χ0) is 26.9. The molecular formula is C31H38F2N2O3. The van der Waals surface area contributed by atoms with Gasteiger partial charge in [0.2, 0.25) is 0 Å². The van der Waals surface area contributed by atoms with Crippen LogP contribution in [0.3, 0.4) is 0 Å². The molecule has 3 aromatic rings. The fourth-order valence-electron chi connectivity index (χ4n) is 5.79. The Labute approximate surface area is 223 Å². The predicted octanol–water partition coefficient (Wildman–Crippen LogP) is 7.00. The third-order valence-corrected chi connectivity index (χ3v) is 7.94. The van der Waals surface area contributed by atoms with E-state index in [1.807, 2.05) is 30.3 Å². The molecule has 1 aliphatic heterocycles. The minimum absolute atomic E-state index is 0.135. The van der Waals surface area contributed by atoms with Crippen LogP contribution in [0, 0.1) is 17.7 Å². The Kier molecular flexibility index (Phi) is 10.0. The summed E-state index contributed by atoms with van der Waals surface area (Å²) in [4.78, 5) is 18.1. The lowest BCUT2D eigenvalue weighted by molar-refractivity contribution is -0.137. The van der Waals surface area contributed by atoms with Gasteiger partial charge in [-0.1, -0.05) is 18.2 Å². The van der Waals surface area contributed by atoms with Crippen molar-refractivity contribution in [3.8, 4) is 5.75 Å². The Balaban J connectivity index is 1.32. The number of aromatic nitrogens is 1. The molecule has 204 valence electrons. The van der Waals surface area contributed by atoms with Crippen molar-refractivity contribution >= 4 is 16.9 Å². The van der Waals surface area contributed by atoms with Crippen molar-refractivity contribution in [3.63, 3.8) is 0 Å². The minimum atomic E-state index is -1.12. The molecule has 1 unspecified atom stereocenters. The highest BCUT2D eigenvalue weighted by Crippen LogP contribution is 2.36. The maximum Gasteiger partial charge on any atom is 0.303 e. The zero-order valence-electron chi connectivity index (χ0n) is 22.1. The molecule has 3 atom stereocenters. The van der Waals surface area contributed by atoms with Crippen molar-refractivity contribution in [1.82, 2.24) is 9.88 Å². The number of halogens is 2. The second kappa shape index (κ2) is 13.7. The monoisotopic (exact) mass is 524 g/mol. The van der Waals surface area contributed by atoms with Gasteiger partial charge in [-0.15, -0.1) is 0 Å². The molecule has 4 rings (SSSR count). The molecule has 0 bridgehead atoms. The first-order valence-corrected chi connectivity index (χ1v) is 13.7. The molecule has 1 aliphatic rings. The molecular weight excluding hydrogens is 486 g/mol. The first-order valence-electron chi connectivity index (χ1n) is 13.7. The van der Waals surface area contributed by atoms with E-state index < -0.39 is 12.1 Å². The van der Waals surface area contributed by atoms with Crippen LogP contribution in [0.5, 0.6) is 5.75 Å². The van der Waals surface area contributed by atoms with Crippen LogP contribution in [0.15, 0.2) is 54.7 Å². The largest absolute Gasteiger partial charge is 0.497 e. The number of aliphatic carboxylic acids is 1. The molecule has 1 saturated heterocycles. The van der Waals surface area contributed by atoms with Crippen LogP contribution >= 0.6 is 0 Å². The standard InChI is InChI=1S/C31H38F2N2O3/c1-38-25-11-13-30-27(20-25)26(15-17-34-30)29(33)12-9-22-16-19-35(21-24(22)10-14-31(36)37)18-5-4-7-23-6-2-3-8-28(23)32/h2-3,6,8,11,13,15,17,20,22,24,29H,4-5,7,9-10,12,14,16,18-19,21H2,1H3,(H,36,37)/t22-,24+,29?/m1/s1. The number of aryl methyl sites for hydroxylation is 1. The summed E-state index contributed by atoms with van der Waals surface area (Å²) >= 11 is 0. The van der Waals surface area contributed by atoms with E-state index in [9.17, 15) is 14.3 Å². The van der Waals surface area contributed by atoms with Crippen LogP contribution in [-0.2, 0) is 11.2 Å². The van der Waals surface area contributed by atoms with Gasteiger partial charge in [0.25, 0.3) is 0 Å². The van der Waals surface area contributed by atoms with Gasteiger partial charge in [0.05, 0.1) is 12.6 Å². The third kappa shape index (κ3) is 7.50. The summed E-state index contributed by atoms with van der Waals surface area (Å²) in [5.74, 6) is 0.269. The number of pyridine rings is 1. The fourth-order valence-corrected chi connectivity index (χ4v) is 5.79. The highest BCUT2D eigenvalue weighted by Gasteiger charge is 2.30. The zero-order valence-corrected chi connectivity index (χ0v) is 22.1. The van der Waals surface area contributed by atoms with Crippen LogP contribution in [0.1, 0.15) is 62.2 Å². The first kappa shape index (κ1) is 28.0. The Bertz CT molecular complexity index is 1200. The summed E-state index contributed by atoms with van der Waals surface area (Å²) in [6, 6.07) is 14.2. The molecule has 0 radical (unpaired) electrons. The van der Waals surface area contributed by atoms with Gasteiger partial charge in [-0.05, 0) is 111 Å². The highest BCUT2D eigenvalue weighted by molar-refractivity contribution is 5.83. The summed E-state index contributed by atoms with van der Waals surface area (Å²) in [6.07, 6.45) is 5.93. The number of fused-ring (bicyclic) bond motifs is 1. The molecule has 1 aromatic heterocycles. The van der Waals surface area contributed by atoms with Crippen LogP contribution in [0.2, 0.25) is 0 Å². The van der Waals surface area contributed by atoms with Crippen molar-refractivity contribution < 1.29 is 23.4 Å². The molecule has 0 saturated carbocycles. The second-order valence-corrected chi connectivity index (χ2v) is 10.4. The predicted molar refractivity (Wildman–Crippen MR) is 146 cm³/mol. The average molecular weight is 525 g/mol. The van der Waals surface area contributed by atoms with E-state index in [-0.39, 0.29) is 18.2 Å². The number of piperidine rings is 1. The molecule has 0 aliphatic carbocycles.